The summed E-state index contributed by atoms with van der Waals surface area (Å²) in [5.74, 6) is -1.58. The molecule has 2 aromatic rings. The van der Waals surface area contributed by atoms with Crippen LogP contribution in [-0.4, -0.2) is 77.4 Å². The van der Waals surface area contributed by atoms with Crippen molar-refractivity contribution in [1.29, 1.82) is 0 Å². The Morgan fingerprint density at radius 3 is 2.31 bits per heavy atom. The lowest BCUT2D eigenvalue weighted by Gasteiger charge is -2.34. The molecule has 1 aliphatic rings. The fraction of sp³-hybridized carbons (Fsp3) is 0.455. The molecule has 10 heteroatoms. The highest BCUT2D eigenvalue weighted by Gasteiger charge is 2.28. The number of nitrogens with zero attached hydrogens (tertiary/aromatic N) is 2. The van der Waals surface area contributed by atoms with Crippen LogP contribution in [0.5, 0.6) is 0 Å². The summed E-state index contributed by atoms with van der Waals surface area (Å²) >= 11 is 0. The molecule has 0 atom stereocenters. The Kier molecular flexibility index (Phi) is 7.01. The number of hydrogen-bond acceptors (Lipinski definition) is 7. The number of amides is 2. The molecule has 0 unspecified atom stereocenters. The second-order valence-corrected chi connectivity index (χ2v) is 7.81. The Morgan fingerprint density at radius 1 is 1.06 bits per heavy atom. The van der Waals surface area contributed by atoms with Crippen molar-refractivity contribution in [1.82, 2.24) is 14.8 Å². The van der Waals surface area contributed by atoms with E-state index < -0.39 is 18.5 Å². The number of hydrogen-bond donors (Lipinski definition) is 1. The Balaban J connectivity index is 1.53. The highest BCUT2D eigenvalue weighted by Crippen LogP contribution is 2.20. The largest absolute Gasteiger partial charge is 0.459 e. The maximum absolute atomic E-state index is 12.5. The normalized spacial score (nSPS) is 13.9. The zero-order chi connectivity index (χ0) is 23.4. The van der Waals surface area contributed by atoms with E-state index in [0.717, 1.165) is 0 Å². The molecule has 2 amide bonds. The lowest BCUT2D eigenvalue weighted by molar-refractivity contribution is -0.136. The summed E-state index contributed by atoms with van der Waals surface area (Å²) in [4.78, 5) is 55.5. The maximum atomic E-state index is 12.5. The fourth-order valence-corrected chi connectivity index (χ4v) is 3.54. The second kappa shape index (κ2) is 9.71. The molecular weight excluding hydrogens is 418 g/mol. The molecule has 0 bridgehead atoms. The Morgan fingerprint density at radius 2 is 1.72 bits per heavy atom. The number of piperazine rings is 1. The van der Waals surface area contributed by atoms with Gasteiger partial charge in [0.1, 0.15) is 5.69 Å². The van der Waals surface area contributed by atoms with E-state index in [-0.39, 0.29) is 34.9 Å². The first-order chi connectivity index (χ1) is 15.2. The van der Waals surface area contributed by atoms with Crippen LogP contribution in [0.15, 0.2) is 22.8 Å². The van der Waals surface area contributed by atoms with Crippen LogP contribution in [0.2, 0.25) is 0 Å². The van der Waals surface area contributed by atoms with Crippen molar-refractivity contribution in [2.75, 3.05) is 32.8 Å². The van der Waals surface area contributed by atoms with Crippen LogP contribution in [0.4, 0.5) is 0 Å². The number of ether oxygens (including phenoxy) is 2. The number of aryl methyl sites for hydroxylation is 1. The summed E-state index contributed by atoms with van der Waals surface area (Å²) in [5.41, 5.74) is 1.30. The summed E-state index contributed by atoms with van der Waals surface area (Å²) in [6, 6.07) is 3.24. The SMILES string of the molecule is Cc1[nH]c(C(=O)OCC(=O)N2CCN(C(=O)c3ccco3)CC2)c(C)c1C(=O)OC(C)C. The van der Waals surface area contributed by atoms with E-state index in [2.05, 4.69) is 4.98 Å². The molecule has 2 aromatic heterocycles. The van der Waals surface area contributed by atoms with Crippen molar-refractivity contribution in [3.8, 4) is 0 Å². The number of aromatic amines is 1. The van der Waals surface area contributed by atoms with E-state index in [1.54, 1.807) is 44.7 Å². The van der Waals surface area contributed by atoms with Gasteiger partial charge in [0, 0.05) is 31.9 Å². The first-order valence-electron chi connectivity index (χ1n) is 10.4. The third-order valence-electron chi connectivity index (χ3n) is 5.17. The molecule has 3 heterocycles. The number of rotatable bonds is 6. The molecule has 1 N–H and O–H groups in total. The fourth-order valence-electron chi connectivity index (χ4n) is 3.54. The molecule has 0 spiro atoms. The molecule has 0 radical (unpaired) electrons. The standard InChI is InChI=1S/C22H27N3O7/c1-13(2)32-21(28)18-14(3)19(23-15(18)4)22(29)31-12-17(26)24-7-9-25(10-8-24)20(27)16-6-5-11-30-16/h5-6,11,13,23H,7-10,12H2,1-4H3. The van der Waals surface area contributed by atoms with Gasteiger partial charge in [-0.2, -0.15) is 0 Å². The number of carbonyl (C=O) groups is 4. The molecule has 1 saturated heterocycles. The van der Waals surface area contributed by atoms with Gasteiger partial charge in [-0.1, -0.05) is 0 Å². The first kappa shape index (κ1) is 23.1. The quantitative estimate of drug-likeness (QED) is 0.674. The van der Waals surface area contributed by atoms with Gasteiger partial charge in [-0.15, -0.1) is 0 Å². The minimum atomic E-state index is -0.728. The molecule has 1 fully saturated rings. The molecule has 10 nitrogen and oxygen atoms in total. The number of carbonyl (C=O) groups excluding carboxylic acids is 4. The Labute approximate surface area is 185 Å². The molecule has 32 heavy (non-hydrogen) atoms. The van der Waals surface area contributed by atoms with Gasteiger partial charge in [0.2, 0.25) is 0 Å². The van der Waals surface area contributed by atoms with Gasteiger partial charge in [-0.25, -0.2) is 9.59 Å². The van der Waals surface area contributed by atoms with Gasteiger partial charge in [0.25, 0.3) is 11.8 Å². The van der Waals surface area contributed by atoms with Gasteiger partial charge in [0.15, 0.2) is 12.4 Å². The minimum Gasteiger partial charge on any atom is -0.459 e. The third kappa shape index (κ3) is 5.01. The highest BCUT2D eigenvalue weighted by atomic mass is 16.5. The van der Waals surface area contributed by atoms with Gasteiger partial charge in [-0.05, 0) is 45.4 Å². The summed E-state index contributed by atoms with van der Waals surface area (Å²) in [5, 5.41) is 0. The molecule has 0 saturated carbocycles. The third-order valence-corrected chi connectivity index (χ3v) is 5.17. The average Bonchev–Trinajstić information content (AvgIpc) is 3.39. The van der Waals surface area contributed by atoms with Gasteiger partial charge >= 0.3 is 11.9 Å². The predicted octanol–water partition coefficient (Wildman–Crippen LogP) is 1.93. The smallest absolute Gasteiger partial charge is 0.355 e. The number of aromatic nitrogens is 1. The van der Waals surface area contributed by atoms with Crippen molar-refractivity contribution in [3.05, 3.63) is 46.7 Å². The average molecular weight is 445 g/mol. The second-order valence-electron chi connectivity index (χ2n) is 7.81. The molecule has 172 valence electrons. The van der Waals surface area contributed by atoms with Crippen molar-refractivity contribution in [2.24, 2.45) is 0 Å². The van der Waals surface area contributed by atoms with E-state index >= 15 is 0 Å². The van der Waals surface area contributed by atoms with Crippen molar-refractivity contribution in [3.63, 3.8) is 0 Å². The van der Waals surface area contributed by atoms with Crippen LogP contribution in [0.25, 0.3) is 0 Å². The van der Waals surface area contributed by atoms with Crippen LogP contribution < -0.4 is 0 Å². The zero-order valence-corrected chi connectivity index (χ0v) is 18.6. The van der Waals surface area contributed by atoms with Crippen LogP contribution in [0.3, 0.4) is 0 Å². The van der Waals surface area contributed by atoms with E-state index in [9.17, 15) is 19.2 Å². The molecule has 0 aliphatic carbocycles. The molecule has 3 rings (SSSR count). The first-order valence-corrected chi connectivity index (χ1v) is 10.4. The summed E-state index contributed by atoms with van der Waals surface area (Å²) in [7, 11) is 0. The van der Waals surface area contributed by atoms with E-state index in [1.807, 2.05) is 0 Å². The van der Waals surface area contributed by atoms with E-state index in [1.165, 1.54) is 11.2 Å². The predicted molar refractivity (Wildman–Crippen MR) is 112 cm³/mol. The Hall–Kier alpha value is -3.56. The van der Waals surface area contributed by atoms with Crippen molar-refractivity contribution < 1.29 is 33.1 Å². The van der Waals surface area contributed by atoms with Gasteiger partial charge < -0.3 is 28.7 Å². The summed E-state index contributed by atoms with van der Waals surface area (Å²) < 4.78 is 15.5. The van der Waals surface area contributed by atoms with Crippen LogP contribution >= 0.6 is 0 Å². The van der Waals surface area contributed by atoms with Gasteiger partial charge in [0.05, 0.1) is 17.9 Å². The van der Waals surface area contributed by atoms with Crippen molar-refractivity contribution in [2.45, 2.75) is 33.8 Å². The lowest BCUT2D eigenvalue weighted by Crippen LogP contribution is -2.51. The number of nitrogens with one attached hydrogen (secondary N) is 1. The van der Waals surface area contributed by atoms with Crippen LogP contribution in [0.1, 0.15) is 56.5 Å². The lowest BCUT2D eigenvalue weighted by atomic mass is 10.1. The minimum absolute atomic E-state index is 0.111. The highest BCUT2D eigenvalue weighted by molar-refractivity contribution is 5.99. The maximum Gasteiger partial charge on any atom is 0.355 e. The number of H-pyrrole nitrogens is 1. The monoisotopic (exact) mass is 445 g/mol. The van der Waals surface area contributed by atoms with E-state index in [4.69, 9.17) is 13.9 Å². The molecule has 0 aromatic carbocycles. The number of furan rings is 1. The van der Waals surface area contributed by atoms with E-state index in [0.29, 0.717) is 37.4 Å². The molecular formula is C22H27N3O7. The Bertz CT molecular complexity index is 999. The summed E-state index contributed by atoms with van der Waals surface area (Å²) in [6.07, 6.45) is 1.14. The zero-order valence-electron chi connectivity index (χ0n) is 18.6. The summed E-state index contributed by atoms with van der Waals surface area (Å²) in [6.45, 7) is 7.69. The number of esters is 2. The van der Waals surface area contributed by atoms with Gasteiger partial charge in [-0.3, -0.25) is 9.59 Å². The topological polar surface area (TPSA) is 122 Å². The van der Waals surface area contributed by atoms with Crippen LogP contribution in [0, 0.1) is 13.8 Å². The van der Waals surface area contributed by atoms with Crippen LogP contribution in [-0.2, 0) is 14.3 Å². The molecule has 1 aliphatic heterocycles. The van der Waals surface area contributed by atoms with Crippen molar-refractivity contribution >= 4 is 23.8 Å².